The van der Waals surface area contributed by atoms with E-state index < -0.39 is 0 Å². The van der Waals surface area contributed by atoms with E-state index in [4.69, 9.17) is 12.2 Å². The van der Waals surface area contributed by atoms with Gasteiger partial charge in [-0.05, 0) is 19.1 Å². The van der Waals surface area contributed by atoms with Gasteiger partial charge in [0, 0.05) is 12.7 Å². The van der Waals surface area contributed by atoms with E-state index in [1.54, 1.807) is 12.3 Å². The van der Waals surface area contributed by atoms with Gasteiger partial charge in [0.15, 0.2) is 0 Å². The fraction of sp³-hybridized carbons (Fsp3) is 0.222. The molecule has 1 saturated heterocycles. The Balaban J connectivity index is 2.30. The van der Waals surface area contributed by atoms with E-state index in [1.807, 2.05) is 17.7 Å². The summed E-state index contributed by atoms with van der Waals surface area (Å²) in [5.41, 5.74) is 0.917. The van der Waals surface area contributed by atoms with Crippen molar-refractivity contribution in [2.45, 2.75) is 13.5 Å². The highest BCUT2D eigenvalue weighted by Gasteiger charge is 2.22. The number of carbonyl (C=O) groups excluding carboxylic acids is 1. The predicted octanol–water partition coefficient (Wildman–Crippen LogP) is 1.39. The molecule has 4 nitrogen and oxygen atoms in total. The average molecular weight is 239 g/mol. The predicted molar refractivity (Wildman–Crippen MR) is 64.2 cm³/mol. The summed E-state index contributed by atoms with van der Waals surface area (Å²) in [5, 5.41) is 6.69. The van der Waals surface area contributed by atoms with Crippen LogP contribution in [-0.2, 0) is 11.3 Å². The van der Waals surface area contributed by atoms with Crippen LogP contribution in [0.25, 0.3) is 6.08 Å². The van der Waals surface area contributed by atoms with Crippen LogP contribution in [0.4, 0.5) is 0 Å². The summed E-state index contributed by atoms with van der Waals surface area (Å²) in [4.78, 5) is 12.0. The Morgan fingerprint density at radius 3 is 3.13 bits per heavy atom. The number of hydrogen-bond acceptors (Lipinski definition) is 4. The zero-order valence-corrected chi connectivity index (χ0v) is 9.69. The van der Waals surface area contributed by atoms with Crippen LogP contribution in [0, 0.1) is 0 Å². The highest BCUT2D eigenvalue weighted by atomic mass is 32.2. The van der Waals surface area contributed by atoms with E-state index >= 15 is 0 Å². The second kappa shape index (κ2) is 4.16. The van der Waals surface area contributed by atoms with Crippen molar-refractivity contribution in [1.82, 2.24) is 15.1 Å². The molecule has 0 radical (unpaired) electrons. The van der Waals surface area contributed by atoms with E-state index in [2.05, 4.69) is 10.4 Å². The summed E-state index contributed by atoms with van der Waals surface area (Å²) in [6, 6.07) is 1.87. The van der Waals surface area contributed by atoms with E-state index in [0.717, 1.165) is 12.2 Å². The van der Waals surface area contributed by atoms with Gasteiger partial charge in [0.05, 0.1) is 10.6 Å². The Labute approximate surface area is 96.7 Å². The molecular formula is C9H9N3OS2. The van der Waals surface area contributed by atoms with Crippen LogP contribution >= 0.6 is 24.0 Å². The molecule has 78 valence electrons. The van der Waals surface area contributed by atoms with Gasteiger partial charge in [0.2, 0.25) is 0 Å². The molecular weight excluding hydrogens is 230 g/mol. The molecule has 0 unspecified atom stereocenters. The number of thioether (sulfide) groups is 1. The van der Waals surface area contributed by atoms with Crippen LogP contribution in [-0.4, -0.2) is 20.0 Å². The first kappa shape index (κ1) is 10.4. The van der Waals surface area contributed by atoms with Gasteiger partial charge in [-0.2, -0.15) is 5.10 Å². The van der Waals surface area contributed by atoms with E-state index in [-0.39, 0.29) is 5.91 Å². The smallest absolute Gasteiger partial charge is 0.263 e. The Kier molecular flexibility index (Phi) is 2.88. The zero-order valence-electron chi connectivity index (χ0n) is 8.06. The van der Waals surface area contributed by atoms with Crippen LogP contribution < -0.4 is 5.32 Å². The fourth-order valence-corrected chi connectivity index (χ4v) is 2.31. The molecule has 15 heavy (non-hydrogen) atoms. The molecule has 1 aliphatic heterocycles. The minimum atomic E-state index is -0.131. The average Bonchev–Trinajstić information content (AvgIpc) is 2.74. The Morgan fingerprint density at radius 2 is 2.53 bits per heavy atom. The Morgan fingerprint density at radius 1 is 1.73 bits per heavy atom. The number of nitrogens with zero attached hydrogens (tertiary/aromatic N) is 2. The van der Waals surface area contributed by atoms with Crippen molar-refractivity contribution in [3.63, 3.8) is 0 Å². The maximum absolute atomic E-state index is 11.4. The number of aromatic nitrogens is 2. The molecule has 0 aromatic carbocycles. The first-order valence-electron chi connectivity index (χ1n) is 4.47. The first-order chi connectivity index (χ1) is 7.20. The number of amides is 1. The number of nitrogens with one attached hydrogen (secondary N) is 1. The Hall–Kier alpha value is -1.14. The van der Waals surface area contributed by atoms with Crippen LogP contribution in [0.3, 0.4) is 0 Å². The van der Waals surface area contributed by atoms with E-state index in [9.17, 15) is 4.79 Å². The largest absolute Gasteiger partial charge is 0.307 e. The standard InChI is InChI=1S/C9H9N3OS2/c1-2-12-6(3-4-10-12)5-7-8(13)11-9(14)15-7/h3-5H,2H2,1H3,(H,11,13,14)/b7-5+. The summed E-state index contributed by atoms with van der Waals surface area (Å²) in [6.45, 7) is 2.78. The third-order valence-corrected chi connectivity index (χ3v) is 3.13. The molecule has 6 heteroatoms. The molecule has 0 bridgehead atoms. The van der Waals surface area contributed by atoms with Crippen molar-refractivity contribution in [1.29, 1.82) is 0 Å². The van der Waals surface area contributed by atoms with Gasteiger partial charge in [0.1, 0.15) is 4.32 Å². The van der Waals surface area contributed by atoms with Gasteiger partial charge in [-0.25, -0.2) is 0 Å². The maximum Gasteiger partial charge on any atom is 0.263 e. The molecule has 1 amide bonds. The molecule has 1 aromatic rings. The van der Waals surface area contributed by atoms with Crippen LogP contribution in [0.5, 0.6) is 0 Å². The lowest BCUT2D eigenvalue weighted by molar-refractivity contribution is -0.115. The van der Waals surface area contributed by atoms with Crippen molar-refractivity contribution in [3.05, 3.63) is 22.9 Å². The molecule has 1 N–H and O–H groups in total. The number of carbonyl (C=O) groups is 1. The van der Waals surface area contributed by atoms with Crippen molar-refractivity contribution < 1.29 is 4.79 Å². The number of thiocarbonyl (C=S) groups is 1. The molecule has 1 fully saturated rings. The summed E-state index contributed by atoms with van der Waals surface area (Å²) >= 11 is 6.18. The summed E-state index contributed by atoms with van der Waals surface area (Å²) in [7, 11) is 0. The fourth-order valence-electron chi connectivity index (χ4n) is 1.29. The Bertz CT molecular complexity index is 450. The van der Waals surface area contributed by atoms with Crippen molar-refractivity contribution >= 4 is 40.3 Å². The third-order valence-electron chi connectivity index (χ3n) is 1.97. The van der Waals surface area contributed by atoms with Gasteiger partial charge in [-0.1, -0.05) is 24.0 Å². The quantitative estimate of drug-likeness (QED) is 0.626. The summed E-state index contributed by atoms with van der Waals surface area (Å²) in [6.07, 6.45) is 3.52. The lowest BCUT2D eigenvalue weighted by Gasteiger charge is -1.99. The van der Waals surface area contributed by atoms with E-state index in [0.29, 0.717) is 9.23 Å². The molecule has 1 aliphatic rings. The zero-order chi connectivity index (χ0) is 10.8. The van der Waals surface area contributed by atoms with Crippen molar-refractivity contribution in [2.75, 3.05) is 0 Å². The minimum Gasteiger partial charge on any atom is -0.307 e. The van der Waals surface area contributed by atoms with Gasteiger partial charge in [-0.15, -0.1) is 0 Å². The third kappa shape index (κ3) is 2.10. The number of hydrogen-bond donors (Lipinski definition) is 1. The lowest BCUT2D eigenvalue weighted by atomic mass is 10.3. The molecule has 0 saturated carbocycles. The highest BCUT2D eigenvalue weighted by Crippen LogP contribution is 2.25. The van der Waals surface area contributed by atoms with Crippen LogP contribution in [0.15, 0.2) is 17.2 Å². The number of aryl methyl sites for hydroxylation is 1. The van der Waals surface area contributed by atoms with Gasteiger partial charge in [-0.3, -0.25) is 9.48 Å². The molecule has 1 aromatic heterocycles. The van der Waals surface area contributed by atoms with Crippen molar-refractivity contribution in [3.8, 4) is 0 Å². The molecule has 2 heterocycles. The topological polar surface area (TPSA) is 46.9 Å². The monoisotopic (exact) mass is 239 g/mol. The second-order valence-corrected chi connectivity index (χ2v) is 4.64. The molecule has 2 rings (SSSR count). The van der Waals surface area contributed by atoms with Gasteiger partial charge in [0.25, 0.3) is 5.91 Å². The lowest BCUT2D eigenvalue weighted by Crippen LogP contribution is -2.17. The second-order valence-electron chi connectivity index (χ2n) is 2.92. The normalized spacial score (nSPS) is 18.6. The molecule has 0 spiro atoms. The van der Waals surface area contributed by atoms with E-state index in [1.165, 1.54) is 11.8 Å². The first-order valence-corrected chi connectivity index (χ1v) is 5.70. The molecule has 0 atom stereocenters. The number of rotatable bonds is 2. The SMILES string of the molecule is CCn1nccc1/C=C1/SC(=S)NC1=O. The molecule has 0 aliphatic carbocycles. The summed E-state index contributed by atoms with van der Waals surface area (Å²) < 4.78 is 2.33. The maximum atomic E-state index is 11.4. The van der Waals surface area contributed by atoms with Crippen LogP contribution in [0.1, 0.15) is 12.6 Å². The van der Waals surface area contributed by atoms with Crippen LogP contribution in [0.2, 0.25) is 0 Å². The van der Waals surface area contributed by atoms with Gasteiger partial charge >= 0.3 is 0 Å². The minimum absolute atomic E-state index is 0.131. The van der Waals surface area contributed by atoms with Crippen molar-refractivity contribution in [2.24, 2.45) is 0 Å². The highest BCUT2D eigenvalue weighted by molar-refractivity contribution is 8.26. The van der Waals surface area contributed by atoms with Gasteiger partial charge < -0.3 is 5.32 Å². The summed E-state index contributed by atoms with van der Waals surface area (Å²) in [5.74, 6) is -0.131.